The summed E-state index contributed by atoms with van der Waals surface area (Å²) < 4.78 is 27.1. The van der Waals surface area contributed by atoms with Gasteiger partial charge in [-0.2, -0.15) is 8.42 Å². The number of nitrogens with zero attached hydrogens (tertiary/aromatic N) is 2. The maximum absolute atomic E-state index is 12.0. The molecule has 3 N–H and O–H groups in total. The van der Waals surface area contributed by atoms with Gasteiger partial charge in [-0.3, -0.25) is 4.72 Å². The van der Waals surface area contributed by atoms with E-state index in [1.54, 1.807) is 19.1 Å². The Kier molecular flexibility index (Phi) is 3.55. The lowest BCUT2D eigenvalue weighted by molar-refractivity contribution is 0.599. The lowest BCUT2D eigenvalue weighted by atomic mass is 10.2. The van der Waals surface area contributed by atoms with Gasteiger partial charge in [0, 0.05) is 4.47 Å². The average molecular weight is 349 g/mol. The number of sulfonamides is 1. The number of nitrogen functional groups attached to an aromatic ring is 1. The van der Waals surface area contributed by atoms with Gasteiger partial charge in [-0.1, -0.05) is 33.3 Å². The molecular weight excluding hydrogens is 340 g/mol. The van der Waals surface area contributed by atoms with Crippen molar-refractivity contribution in [3.8, 4) is 0 Å². The van der Waals surface area contributed by atoms with Crippen LogP contribution in [0.15, 0.2) is 27.0 Å². The van der Waals surface area contributed by atoms with E-state index in [0.29, 0.717) is 5.69 Å². The Balaban J connectivity index is 2.36. The molecule has 0 aliphatic carbocycles. The van der Waals surface area contributed by atoms with E-state index < -0.39 is 10.0 Å². The fraction of sp³-hybridized carbons (Fsp3) is 0.111. The maximum Gasteiger partial charge on any atom is 0.291 e. The standard InChI is InChI=1S/C9H9BrN4O2S2/c1-5-2-3-6(10)4-7(5)14-18(15,16)9-13-12-8(11)17-9/h2-4,14H,1H3,(H2,11,12). The molecule has 0 bridgehead atoms. The fourth-order valence-corrected chi connectivity index (χ4v) is 3.49. The third kappa shape index (κ3) is 2.79. The zero-order valence-electron chi connectivity index (χ0n) is 9.21. The van der Waals surface area contributed by atoms with E-state index in [-0.39, 0.29) is 9.47 Å². The molecule has 1 aromatic heterocycles. The van der Waals surface area contributed by atoms with E-state index in [1.807, 2.05) is 6.07 Å². The second-order valence-electron chi connectivity index (χ2n) is 3.47. The van der Waals surface area contributed by atoms with Crippen LogP contribution in [-0.2, 0) is 10.0 Å². The molecule has 2 aromatic rings. The van der Waals surface area contributed by atoms with Crippen LogP contribution in [0, 0.1) is 6.92 Å². The number of nitrogens with one attached hydrogen (secondary N) is 1. The molecule has 18 heavy (non-hydrogen) atoms. The first kappa shape index (κ1) is 13.2. The smallest absolute Gasteiger partial charge is 0.291 e. The Labute approximate surface area is 116 Å². The van der Waals surface area contributed by atoms with E-state index in [4.69, 9.17) is 5.73 Å². The number of hydrogen-bond acceptors (Lipinski definition) is 6. The highest BCUT2D eigenvalue weighted by atomic mass is 79.9. The van der Waals surface area contributed by atoms with Crippen molar-refractivity contribution in [2.75, 3.05) is 10.5 Å². The predicted octanol–water partition coefficient (Wildman–Crippen LogP) is 1.99. The molecule has 0 spiro atoms. The van der Waals surface area contributed by atoms with Gasteiger partial charge < -0.3 is 5.73 Å². The largest absolute Gasteiger partial charge is 0.374 e. The first-order chi connectivity index (χ1) is 8.38. The summed E-state index contributed by atoms with van der Waals surface area (Å²) in [5.41, 5.74) is 6.66. The number of anilines is 2. The molecule has 0 amide bonds. The third-order valence-electron chi connectivity index (χ3n) is 2.10. The number of hydrogen-bond donors (Lipinski definition) is 2. The summed E-state index contributed by atoms with van der Waals surface area (Å²) in [6, 6.07) is 5.31. The zero-order chi connectivity index (χ0) is 13.3. The van der Waals surface area contributed by atoms with Crippen molar-refractivity contribution in [2.24, 2.45) is 0 Å². The number of aromatic nitrogens is 2. The fourth-order valence-electron chi connectivity index (χ4n) is 1.22. The summed E-state index contributed by atoms with van der Waals surface area (Å²) in [5.74, 6) is 0. The van der Waals surface area contributed by atoms with Crippen LogP contribution >= 0.6 is 27.3 Å². The normalized spacial score (nSPS) is 11.4. The summed E-state index contributed by atoms with van der Waals surface area (Å²) in [5, 5.41) is 7.11. The topological polar surface area (TPSA) is 98.0 Å². The molecule has 0 fully saturated rings. The molecule has 6 nitrogen and oxygen atoms in total. The molecular formula is C9H9BrN4O2S2. The molecule has 96 valence electrons. The van der Waals surface area contributed by atoms with Crippen molar-refractivity contribution in [1.82, 2.24) is 10.2 Å². The molecule has 1 heterocycles. The van der Waals surface area contributed by atoms with Crippen LogP contribution in [0.3, 0.4) is 0 Å². The number of aryl methyl sites for hydroxylation is 1. The Morgan fingerprint density at radius 1 is 1.39 bits per heavy atom. The van der Waals surface area contributed by atoms with Gasteiger partial charge in [-0.25, -0.2) is 0 Å². The molecule has 0 unspecified atom stereocenters. The van der Waals surface area contributed by atoms with E-state index >= 15 is 0 Å². The second-order valence-corrected chi connectivity index (χ2v) is 7.25. The molecule has 0 saturated carbocycles. The lowest BCUT2D eigenvalue weighted by Crippen LogP contribution is -2.13. The van der Waals surface area contributed by atoms with Crippen LogP contribution in [0.5, 0.6) is 0 Å². The van der Waals surface area contributed by atoms with Crippen LogP contribution in [0.4, 0.5) is 10.8 Å². The van der Waals surface area contributed by atoms with Crippen molar-refractivity contribution in [1.29, 1.82) is 0 Å². The van der Waals surface area contributed by atoms with Crippen molar-refractivity contribution < 1.29 is 8.42 Å². The monoisotopic (exact) mass is 348 g/mol. The first-order valence-corrected chi connectivity index (χ1v) is 7.86. The van der Waals surface area contributed by atoms with Gasteiger partial charge in [-0.15, -0.1) is 10.2 Å². The minimum atomic E-state index is -3.74. The van der Waals surface area contributed by atoms with Crippen LogP contribution in [0.1, 0.15) is 5.56 Å². The molecule has 2 rings (SSSR count). The number of rotatable bonds is 3. The third-order valence-corrected chi connectivity index (χ3v) is 5.07. The van der Waals surface area contributed by atoms with Gasteiger partial charge in [-0.05, 0) is 24.6 Å². The Hall–Kier alpha value is -1.19. The molecule has 0 radical (unpaired) electrons. The van der Waals surface area contributed by atoms with Gasteiger partial charge >= 0.3 is 0 Å². The Bertz CT molecular complexity index is 684. The minimum absolute atomic E-state index is 0.112. The highest BCUT2D eigenvalue weighted by Gasteiger charge is 2.20. The van der Waals surface area contributed by atoms with Crippen LogP contribution in [-0.4, -0.2) is 18.6 Å². The van der Waals surface area contributed by atoms with Gasteiger partial charge in [0.15, 0.2) is 0 Å². The average Bonchev–Trinajstić information content (AvgIpc) is 2.71. The minimum Gasteiger partial charge on any atom is -0.374 e. The van der Waals surface area contributed by atoms with Crippen molar-refractivity contribution >= 4 is 48.1 Å². The predicted molar refractivity (Wildman–Crippen MR) is 74.0 cm³/mol. The Morgan fingerprint density at radius 3 is 2.72 bits per heavy atom. The van der Waals surface area contributed by atoms with Crippen LogP contribution in [0.25, 0.3) is 0 Å². The summed E-state index contributed by atoms with van der Waals surface area (Å²) in [7, 11) is -3.74. The summed E-state index contributed by atoms with van der Waals surface area (Å²) in [6.45, 7) is 1.80. The molecule has 0 atom stereocenters. The summed E-state index contributed by atoms with van der Waals surface area (Å²) in [6.07, 6.45) is 0. The number of nitrogens with two attached hydrogens (primary N) is 1. The van der Waals surface area contributed by atoms with Gasteiger partial charge in [0.2, 0.25) is 5.13 Å². The molecule has 0 aliphatic heterocycles. The quantitative estimate of drug-likeness (QED) is 0.883. The van der Waals surface area contributed by atoms with E-state index in [2.05, 4.69) is 30.8 Å². The van der Waals surface area contributed by atoms with Crippen molar-refractivity contribution in [2.45, 2.75) is 11.3 Å². The Morgan fingerprint density at radius 2 is 2.11 bits per heavy atom. The van der Waals surface area contributed by atoms with Crippen LogP contribution in [0.2, 0.25) is 0 Å². The summed E-state index contributed by atoms with van der Waals surface area (Å²) in [4.78, 5) is 0. The van der Waals surface area contributed by atoms with Gasteiger partial charge in [0.05, 0.1) is 5.69 Å². The van der Waals surface area contributed by atoms with E-state index in [0.717, 1.165) is 21.4 Å². The lowest BCUT2D eigenvalue weighted by Gasteiger charge is -2.08. The highest BCUT2D eigenvalue weighted by molar-refractivity contribution is 9.10. The molecule has 9 heteroatoms. The highest BCUT2D eigenvalue weighted by Crippen LogP contribution is 2.25. The molecule has 0 saturated heterocycles. The number of benzene rings is 1. The van der Waals surface area contributed by atoms with E-state index in [1.165, 1.54) is 0 Å². The van der Waals surface area contributed by atoms with Crippen molar-refractivity contribution in [3.05, 3.63) is 28.2 Å². The van der Waals surface area contributed by atoms with E-state index in [9.17, 15) is 8.42 Å². The SMILES string of the molecule is Cc1ccc(Br)cc1NS(=O)(=O)c1nnc(N)s1. The molecule has 1 aromatic carbocycles. The van der Waals surface area contributed by atoms with Crippen molar-refractivity contribution in [3.63, 3.8) is 0 Å². The maximum atomic E-state index is 12.0. The zero-order valence-corrected chi connectivity index (χ0v) is 12.4. The first-order valence-electron chi connectivity index (χ1n) is 4.76. The van der Waals surface area contributed by atoms with Crippen LogP contribution < -0.4 is 10.5 Å². The molecule has 0 aliphatic rings. The van der Waals surface area contributed by atoms with Gasteiger partial charge in [0.25, 0.3) is 14.4 Å². The number of halogens is 1. The van der Waals surface area contributed by atoms with Gasteiger partial charge in [0.1, 0.15) is 0 Å². The second kappa shape index (κ2) is 4.82. The summed E-state index contributed by atoms with van der Waals surface area (Å²) >= 11 is 4.10.